The smallest absolute Gasteiger partial charge is 0.295 e. The first-order valence-corrected chi connectivity index (χ1v) is 22.8. The minimum absolute atomic E-state index is 0.0521. The molecule has 0 saturated heterocycles. The zero-order valence-corrected chi connectivity index (χ0v) is 34.4. The van der Waals surface area contributed by atoms with Gasteiger partial charge in [0.05, 0.1) is 9.79 Å². The third-order valence-electron chi connectivity index (χ3n) is 7.63. The SMILES string of the molecule is NS(=O)(=O)c1ccc(Nc2nc(Cl)nc(Nc3ccc(/C=C/c4ccc(Nc5nc(Cl)nc(Nc6ccc(S(N)(=O)=O)cc6)n5)cc4S(=O)(=O)O)c(S(=O)(=O)O)c3)n2)cc1. The summed E-state index contributed by atoms with van der Waals surface area (Å²) >= 11 is 12.1. The molecule has 28 heteroatoms. The Morgan fingerprint density at radius 1 is 0.450 bits per heavy atom. The van der Waals surface area contributed by atoms with Crippen LogP contribution < -0.4 is 31.5 Å². The number of nitrogens with two attached hydrogens (primary N) is 2. The van der Waals surface area contributed by atoms with E-state index in [1.165, 1.54) is 84.9 Å². The van der Waals surface area contributed by atoms with Gasteiger partial charge in [-0.2, -0.15) is 46.7 Å². The van der Waals surface area contributed by atoms with Crippen molar-refractivity contribution in [1.29, 1.82) is 0 Å². The maximum absolute atomic E-state index is 12.5. The summed E-state index contributed by atoms with van der Waals surface area (Å²) in [5, 5.41) is 20.8. The van der Waals surface area contributed by atoms with Crippen molar-refractivity contribution in [1.82, 2.24) is 29.9 Å². The second-order valence-corrected chi connectivity index (χ2v) is 18.5. The maximum Gasteiger partial charge on any atom is 0.295 e. The lowest BCUT2D eigenvalue weighted by atomic mass is 10.1. The van der Waals surface area contributed by atoms with Crippen LogP contribution in [-0.4, -0.2) is 72.7 Å². The van der Waals surface area contributed by atoms with Crippen molar-refractivity contribution in [3.63, 3.8) is 0 Å². The zero-order valence-electron chi connectivity index (χ0n) is 29.6. The molecule has 22 nitrogen and oxygen atoms in total. The van der Waals surface area contributed by atoms with Gasteiger partial charge in [-0.3, -0.25) is 9.11 Å². The van der Waals surface area contributed by atoms with Gasteiger partial charge in [-0.05, 0) is 107 Å². The average Bonchev–Trinajstić information content (AvgIpc) is 3.13. The fourth-order valence-electron chi connectivity index (χ4n) is 5.02. The number of aromatic nitrogens is 6. The molecule has 0 amide bonds. The van der Waals surface area contributed by atoms with E-state index in [2.05, 4.69) is 51.2 Å². The van der Waals surface area contributed by atoms with Crippen LogP contribution in [0.15, 0.2) is 105 Å². The third-order valence-corrected chi connectivity index (χ3v) is 11.6. The van der Waals surface area contributed by atoms with Crippen molar-refractivity contribution in [3.05, 3.63) is 107 Å². The number of sulfonamides is 2. The number of rotatable bonds is 14. The predicted octanol–water partition coefficient (Wildman–Crippen LogP) is 4.30. The number of hydrogen-bond acceptors (Lipinski definition) is 18. The first kappa shape index (κ1) is 43.6. The van der Waals surface area contributed by atoms with Crippen LogP contribution >= 0.6 is 23.2 Å². The van der Waals surface area contributed by atoms with Crippen molar-refractivity contribution in [2.45, 2.75) is 19.6 Å². The molecule has 6 rings (SSSR count). The Kier molecular flexibility index (Phi) is 12.3. The van der Waals surface area contributed by atoms with Gasteiger partial charge in [0.15, 0.2) is 0 Å². The van der Waals surface area contributed by atoms with Crippen LogP contribution in [0.2, 0.25) is 10.6 Å². The van der Waals surface area contributed by atoms with Crippen LogP contribution in [0.25, 0.3) is 12.2 Å². The van der Waals surface area contributed by atoms with E-state index in [4.69, 9.17) is 33.5 Å². The number of nitrogens with one attached hydrogen (secondary N) is 4. The van der Waals surface area contributed by atoms with Gasteiger partial charge in [0.25, 0.3) is 20.2 Å². The van der Waals surface area contributed by atoms with E-state index in [1.54, 1.807) is 0 Å². The standard InChI is InChI=1S/C32H26Cl2N12O10S4/c33-27-41-29(37-19-7-11-23(12-8-19)57(35,47)48)45-31(43-27)39-21-5-3-17(25(15-21)59(51,52)53)1-2-18-4-6-22(16-26(18)60(54,55)56)40-32-44-28(34)42-30(46-32)38-20-9-13-24(14-10-20)58(36,49)50/h1-16H,(H2,35,47,48)(H2,36,49,50)(H,51,52,53)(H,54,55,56)(H2,37,39,41,43,45)(H2,38,40,42,44,46)/b2-1+. The average molecular weight is 938 g/mol. The van der Waals surface area contributed by atoms with Gasteiger partial charge in [-0.1, -0.05) is 24.3 Å². The molecule has 2 aromatic heterocycles. The molecule has 2 heterocycles. The van der Waals surface area contributed by atoms with Crippen LogP contribution in [0, 0.1) is 0 Å². The summed E-state index contributed by atoms with van der Waals surface area (Å²) in [6, 6.07) is 18.0. The van der Waals surface area contributed by atoms with Gasteiger partial charge in [0.1, 0.15) is 9.79 Å². The fraction of sp³-hybridized carbons (Fsp3) is 0. The minimum Gasteiger partial charge on any atom is -0.324 e. The molecule has 312 valence electrons. The Bertz CT molecular complexity index is 2920. The van der Waals surface area contributed by atoms with Gasteiger partial charge in [0, 0.05) is 22.7 Å². The molecule has 0 radical (unpaired) electrons. The zero-order chi connectivity index (χ0) is 43.6. The van der Waals surface area contributed by atoms with E-state index in [-0.39, 0.29) is 66.7 Å². The molecule has 0 atom stereocenters. The van der Waals surface area contributed by atoms with E-state index < -0.39 is 50.1 Å². The molecule has 0 unspecified atom stereocenters. The second-order valence-electron chi connectivity index (χ2n) is 11.9. The highest BCUT2D eigenvalue weighted by Crippen LogP contribution is 2.29. The normalized spacial score (nSPS) is 12.3. The molecule has 0 aliphatic heterocycles. The van der Waals surface area contributed by atoms with Gasteiger partial charge < -0.3 is 21.3 Å². The number of anilines is 8. The van der Waals surface area contributed by atoms with E-state index in [0.29, 0.717) is 11.4 Å². The van der Waals surface area contributed by atoms with E-state index in [1.807, 2.05) is 0 Å². The summed E-state index contributed by atoms with van der Waals surface area (Å²) in [5.74, 6) is -0.506. The molecular weight excluding hydrogens is 912 g/mol. The number of benzene rings is 4. The molecular formula is C32H26Cl2N12O10S4. The lowest BCUT2D eigenvalue weighted by Gasteiger charge is -2.11. The molecule has 0 saturated carbocycles. The number of primary sulfonamides is 2. The molecule has 0 fully saturated rings. The summed E-state index contributed by atoms with van der Waals surface area (Å²) in [4.78, 5) is 22.6. The Morgan fingerprint density at radius 3 is 1.02 bits per heavy atom. The molecule has 6 aromatic rings. The predicted molar refractivity (Wildman–Crippen MR) is 220 cm³/mol. The van der Waals surface area contributed by atoms with Gasteiger partial charge in [-0.25, -0.2) is 27.1 Å². The molecule has 60 heavy (non-hydrogen) atoms. The highest BCUT2D eigenvalue weighted by molar-refractivity contribution is 7.89. The first-order chi connectivity index (χ1) is 28.0. The Morgan fingerprint density at radius 2 is 0.733 bits per heavy atom. The molecule has 4 aromatic carbocycles. The van der Waals surface area contributed by atoms with Gasteiger partial charge in [0.2, 0.25) is 54.4 Å². The Labute approximate surface area is 350 Å². The minimum atomic E-state index is -4.91. The topological polar surface area (TPSA) is 355 Å². The highest BCUT2D eigenvalue weighted by Gasteiger charge is 2.19. The third kappa shape index (κ3) is 11.4. The van der Waals surface area contributed by atoms with Crippen LogP contribution in [-0.2, 0) is 40.3 Å². The highest BCUT2D eigenvalue weighted by atomic mass is 35.5. The Balaban J connectivity index is 1.22. The van der Waals surface area contributed by atoms with Gasteiger partial charge >= 0.3 is 0 Å². The van der Waals surface area contributed by atoms with Crippen LogP contribution in [0.3, 0.4) is 0 Å². The molecule has 0 aliphatic rings. The Hall–Kier alpha value is -5.94. The molecule has 10 N–H and O–H groups in total. The summed E-state index contributed by atoms with van der Waals surface area (Å²) in [5.41, 5.74) is 0.602. The summed E-state index contributed by atoms with van der Waals surface area (Å²) in [6.45, 7) is 0. The summed E-state index contributed by atoms with van der Waals surface area (Å²) < 4.78 is 116. The van der Waals surface area contributed by atoms with Crippen LogP contribution in [0.4, 0.5) is 46.5 Å². The maximum atomic E-state index is 12.5. The number of halogens is 2. The molecule has 0 spiro atoms. The van der Waals surface area contributed by atoms with Crippen molar-refractivity contribution in [2.24, 2.45) is 10.3 Å². The van der Waals surface area contributed by atoms with Crippen molar-refractivity contribution >= 4 is 122 Å². The molecule has 0 aliphatic carbocycles. The van der Waals surface area contributed by atoms with Gasteiger partial charge in [-0.15, -0.1) is 0 Å². The summed E-state index contributed by atoms with van der Waals surface area (Å²) in [6.07, 6.45) is 2.35. The lowest BCUT2D eigenvalue weighted by Crippen LogP contribution is -2.12. The largest absolute Gasteiger partial charge is 0.324 e. The monoisotopic (exact) mass is 936 g/mol. The van der Waals surface area contributed by atoms with Crippen molar-refractivity contribution in [2.75, 3.05) is 21.3 Å². The fourth-order valence-corrected chi connectivity index (χ4v) is 7.79. The lowest BCUT2D eigenvalue weighted by molar-refractivity contribution is 0.480. The van der Waals surface area contributed by atoms with Crippen molar-refractivity contribution in [3.8, 4) is 0 Å². The number of hydrogen-bond donors (Lipinski definition) is 8. The van der Waals surface area contributed by atoms with Crippen LogP contribution in [0.1, 0.15) is 11.1 Å². The quantitative estimate of drug-likeness (QED) is 0.0557. The second kappa shape index (κ2) is 17.0. The number of nitrogens with zero attached hydrogens (tertiary/aromatic N) is 6. The van der Waals surface area contributed by atoms with Crippen molar-refractivity contribution < 1.29 is 42.8 Å². The van der Waals surface area contributed by atoms with E-state index in [9.17, 15) is 42.8 Å². The first-order valence-electron chi connectivity index (χ1n) is 16.1. The van der Waals surface area contributed by atoms with E-state index >= 15 is 0 Å². The molecule has 0 bridgehead atoms. The summed E-state index contributed by atoms with van der Waals surface area (Å²) in [7, 11) is -17.7. The van der Waals surface area contributed by atoms with E-state index in [0.717, 1.165) is 12.1 Å². The van der Waals surface area contributed by atoms with Crippen LogP contribution in [0.5, 0.6) is 0 Å².